The molecule has 0 aromatic heterocycles. The summed E-state index contributed by atoms with van der Waals surface area (Å²) in [7, 11) is -2.41. The fraction of sp³-hybridized carbons (Fsp3) is 0.269. The maximum atomic E-state index is 13.7. The third-order valence-electron chi connectivity index (χ3n) is 6.66. The molecule has 5 rings (SSSR count). The Balaban J connectivity index is 1.46. The zero-order chi connectivity index (χ0) is 25.7. The van der Waals surface area contributed by atoms with Crippen LogP contribution in [0.1, 0.15) is 29.5 Å². The van der Waals surface area contributed by atoms with Gasteiger partial charge in [-0.05, 0) is 78.5 Å². The zero-order valence-electron chi connectivity index (χ0n) is 19.2. The summed E-state index contributed by atoms with van der Waals surface area (Å²) >= 11 is 0. The van der Waals surface area contributed by atoms with Gasteiger partial charge in [0.2, 0.25) is 16.8 Å². The van der Waals surface area contributed by atoms with Gasteiger partial charge in [-0.2, -0.15) is 13.2 Å². The molecule has 1 N–H and O–H groups in total. The molecule has 1 heterocycles. The van der Waals surface area contributed by atoms with E-state index in [0.29, 0.717) is 29.9 Å². The molecule has 1 fully saturated rings. The molecule has 2 aliphatic rings. The van der Waals surface area contributed by atoms with E-state index in [1.807, 2.05) is 0 Å². The van der Waals surface area contributed by atoms with Gasteiger partial charge in [0, 0.05) is 6.42 Å². The molecule has 0 unspecified atom stereocenters. The highest BCUT2D eigenvalue weighted by atomic mass is 32.2. The molecule has 10 heteroatoms. The van der Waals surface area contributed by atoms with Crippen molar-refractivity contribution in [1.82, 2.24) is 4.72 Å². The number of fused-ring (bicyclic) bond motifs is 1. The number of carbonyl (C=O) groups is 1. The summed E-state index contributed by atoms with van der Waals surface area (Å²) in [5.41, 5.74) is 0.0332. The maximum absolute atomic E-state index is 13.7. The van der Waals surface area contributed by atoms with Crippen LogP contribution in [-0.2, 0) is 32.8 Å². The molecule has 1 saturated carbocycles. The molecule has 0 saturated heterocycles. The topological polar surface area (TPSA) is 81.7 Å². The van der Waals surface area contributed by atoms with Gasteiger partial charge in [-0.15, -0.1) is 0 Å². The van der Waals surface area contributed by atoms with Crippen molar-refractivity contribution in [1.29, 1.82) is 0 Å². The van der Waals surface area contributed by atoms with Gasteiger partial charge in [-0.3, -0.25) is 4.79 Å². The molecule has 1 aliphatic heterocycles. The van der Waals surface area contributed by atoms with E-state index in [9.17, 15) is 26.4 Å². The van der Waals surface area contributed by atoms with Gasteiger partial charge in [0.25, 0.3) is 0 Å². The molecule has 0 radical (unpaired) electrons. The molecular formula is C26H22F3NO5S. The van der Waals surface area contributed by atoms with Crippen LogP contribution in [0.3, 0.4) is 0 Å². The van der Waals surface area contributed by atoms with Gasteiger partial charge < -0.3 is 9.47 Å². The second-order valence-electron chi connectivity index (χ2n) is 8.90. The normalized spacial score (nSPS) is 16.1. The molecular weight excluding hydrogens is 495 g/mol. The number of rotatable bonds is 7. The number of nitrogens with one attached hydrogen (secondary N) is 1. The molecule has 1 aliphatic carbocycles. The fourth-order valence-corrected chi connectivity index (χ4v) is 5.20. The Hall–Kier alpha value is -3.37. The van der Waals surface area contributed by atoms with E-state index in [-0.39, 0.29) is 35.0 Å². The number of ketones is 1. The third-order valence-corrected chi connectivity index (χ3v) is 8.09. The van der Waals surface area contributed by atoms with Crippen LogP contribution < -0.4 is 14.2 Å². The molecule has 3 aromatic carbocycles. The van der Waals surface area contributed by atoms with Crippen LogP contribution in [0.25, 0.3) is 11.1 Å². The quantitative estimate of drug-likeness (QED) is 0.485. The summed E-state index contributed by atoms with van der Waals surface area (Å²) in [6, 6.07) is 14.4. The van der Waals surface area contributed by atoms with Crippen molar-refractivity contribution in [2.24, 2.45) is 0 Å². The van der Waals surface area contributed by atoms with Crippen LogP contribution in [0.2, 0.25) is 0 Å². The van der Waals surface area contributed by atoms with E-state index in [0.717, 1.165) is 17.7 Å². The van der Waals surface area contributed by atoms with Crippen molar-refractivity contribution in [2.45, 2.75) is 35.7 Å². The lowest BCUT2D eigenvalue weighted by Crippen LogP contribution is -2.22. The lowest BCUT2D eigenvalue weighted by atomic mass is 9.87. The first-order chi connectivity index (χ1) is 17.0. The number of benzene rings is 3. The Labute approximate surface area is 206 Å². The van der Waals surface area contributed by atoms with Gasteiger partial charge >= 0.3 is 6.18 Å². The fourth-order valence-electron chi connectivity index (χ4n) is 4.47. The Morgan fingerprint density at radius 1 is 0.944 bits per heavy atom. The lowest BCUT2D eigenvalue weighted by Gasteiger charge is -2.17. The van der Waals surface area contributed by atoms with Crippen molar-refractivity contribution in [3.8, 4) is 22.6 Å². The molecule has 0 atom stereocenters. The highest BCUT2D eigenvalue weighted by Crippen LogP contribution is 2.51. The Morgan fingerprint density at radius 2 is 1.64 bits per heavy atom. The zero-order valence-corrected chi connectivity index (χ0v) is 20.0. The lowest BCUT2D eigenvalue weighted by molar-refractivity contribution is -0.137. The molecule has 0 spiro atoms. The van der Waals surface area contributed by atoms with Gasteiger partial charge in [0.15, 0.2) is 11.5 Å². The van der Waals surface area contributed by atoms with Gasteiger partial charge in [0.1, 0.15) is 5.78 Å². The average molecular weight is 518 g/mol. The van der Waals surface area contributed by atoms with Crippen molar-refractivity contribution >= 4 is 15.8 Å². The molecule has 36 heavy (non-hydrogen) atoms. The summed E-state index contributed by atoms with van der Waals surface area (Å²) in [5, 5.41) is 0. The van der Waals surface area contributed by atoms with E-state index in [4.69, 9.17) is 9.47 Å². The number of Topliss-reactive ketones (excluding diaryl/α,β-unsaturated/α-hetero) is 1. The summed E-state index contributed by atoms with van der Waals surface area (Å²) in [5.74, 6) is 0.983. The molecule has 188 valence electrons. The van der Waals surface area contributed by atoms with E-state index in [1.54, 1.807) is 24.3 Å². The smallest absolute Gasteiger partial charge is 0.416 e. The van der Waals surface area contributed by atoms with E-state index in [2.05, 4.69) is 4.72 Å². The second-order valence-corrected chi connectivity index (χ2v) is 10.8. The first-order valence-corrected chi connectivity index (χ1v) is 12.7. The second kappa shape index (κ2) is 8.63. The highest BCUT2D eigenvalue weighted by molar-refractivity contribution is 7.89. The Morgan fingerprint density at radius 3 is 2.28 bits per heavy atom. The number of halogens is 3. The molecule has 6 nitrogen and oxygen atoms in total. The largest absolute Gasteiger partial charge is 0.454 e. The van der Waals surface area contributed by atoms with Gasteiger partial charge in [-0.1, -0.05) is 24.3 Å². The minimum Gasteiger partial charge on any atom is -0.454 e. The predicted molar refractivity (Wildman–Crippen MR) is 125 cm³/mol. The first kappa shape index (κ1) is 24.3. The van der Waals surface area contributed by atoms with Crippen LogP contribution in [0, 0.1) is 0 Å². The number of alkyl halides is 3. The van der Waals surface area contributed by atoms with E-state index in [1.165, 1.54) is 31.3 Å². The molecule has 0 amide bonds. The predicted octanol–water partition coefficient (Wildman–Crippen LogP) is 4.85. The number of sulfonamides is 1. The average Bonchev–Trinajstić information content (AvgIpc) is 3.54. The number of carbonyl (C=O) groups excluding carboxylic acids is 1. The van der Waals surface area contributed by atoms with Crippen LogP contribution in [0.5, 0.6) is 11.5 Å². The highest BCUT2D eigenvalue weighted by Gasteiger charge is 2.51. The third kappa shape index (κ3) is 4.46. The van der Waals surface area contributed by atoms with Crippen LogP contribution in [-0.4, -0.2) is 28.0 Å². The Bertz CT molecular complexity index is 1450. The minimum absolute atomic E-state index is 0.00414. The summed E-state index contributed by atoms with van der Waals surface area (Å²) in [6.45, 7) is 0.106. The number of ether oxygens (including phenoxy) is 2. The summed E-state index contributed by atoms with van der Waals surface area (Å²) in [6.07, 6.45) is -3.56. The van der Waals surface area contributed by atoms with Gasteiger partial charge in [-0.25, -0.2) is 13.1 Å². The van der Waals surface area contributed by atoms with Gasteiger partial charge in [0.05, 0.1) is 15.9 Å². The van der Waals surface area contributed by atoms with Crippen LogP contribution >= 0.6 is 0 Å². The monoisotopic (exact) mass is 517 g/mol. The van der Waals surface area contributed by atoms with E-state index >= 15 is 0 Å². The molecule has 0 bridgehead atoms. The van der Waals surface area contributed by atoms with Crippen molar-refractivity contribution in [2.75, 3.05) is 13.8 Å². The SMILES string of the molecule is CNS(=O)(=O)c1ccc(-c2cc(CC(=O)C3(c4ccc5c(c4)OCO5)CC3)cc(C(F)(F)F)c2)cc1. The number of hydrogen-bond acceptors (Lipinski definition) is 5. The maximum Gasteiger partial charge on any atom is 0.416 e. The van der Waals surface area contributed by atoms with Crippen molar-refractivity contribution in [3.63, 3.8) is 0 Å². The Kier molecular flexibility index (Phi) is 5.83. The van der Waals surface area contributed by atoms with Crippen LogP contribution in [0.4, 0.5) is 13.2 Å². The number of hydrogen-bond donors (Lipinski definition) is 1. The van der Waals surface area contributed by atoms with Crippen molar-refractivity contribution < 1.29 is 35.9 Å². The van der Waals surface area contributed by atoms with Crippen LogP contribution in [0.15, 0.2) is 65.6 Å². The van der Waals surface area contributed by atoms with Crippen molar-refractivity contribution in [3.05, 3.63) is 77.4 Å². The first-order valence-electron chi connectivity index (χ1n) is 11.2. The standard InChI is InChI=1S/C26H22F3NO5S/c1-30-36(32,33)21-5-2-17(3-6-21)18-10-16(11-20(13-18)26(27,28)29)12-24(31)25(8-9-25)19-4-7-22-23(14-19)35-15-34-22/h2-7,10-11,13-14,30H,8-9,12,15H2,1H3. The summed E-state index contributed by atoms with van der Waals surface area (Å²) in [4.78, 5) is 13.4. The van der Waals surface area contributed by atoms with E-state index < -0.39 is 27.2 Å². The minimum atomic E-state index is -4.61. The molecule has 3 aromatic rings. The summed E-state index contributed by atoms with van der Waals surface area (Å²) < 4.78 is 78.0.